The number of benzene rings is 2. The van der Waals surface area contributed by atoms with E-state index < -0.39 is 10.7 Å². The van der Waals surface area contributed by atoms with Crippen molar-refractivity contribution in [1.82, 2.24) is 0 Å². The second kappa shape index (κ2) is 10.2. The summed E-state index contributed by atoms with van der Waals surface area (Å²) in [6.45, 7) is 2.21. The molecule has 2 N–H and O–H groups in total. The third-order valence-electron chi connectivity index (χ3n) is 5.49. The van der Waals surface area contributed by atoms with Crippen molar-refractivity contribution in [3.05, 3.63) is 39.9 Å². The monoisotopic (exact) mass is 413 g/mol. The molecule has 0 spiro atoms. The molecule has 30 heavy (non-hydrogen) atoms. The lowest BCUT2D eigenvalue weighted by Gasteiger charge is -2.27. The van der Waals surface area contributed by atoms with Crippen LogP contribution in [0.1, 0.15) is 70.3 Å². The first-order valence-electron chi connectivity index (χ1n) is 10.8. The largest absolute Gasteiger partial charge is 0.870 e. The van der Waals surface area contributed by atoms with E-state index in [2.05, 4.69) is 12.2 Å². The van der Waals surface area contributed by atoms with Crippen molar-refractivity contribution in [1.29, 1.82) is 0 Å². The van der Waals surface area contributed by atoms with Gasteiger partial charge in [-0.05, 0) is 24.5 Å². The highest BCUT2D eigenvalue weighted by Gasteiger charge is 2.23. The zero-order valence-corrected chi connectivity index (χ0v) is 17.4. The second-order valence-corrected chi connectivity index (χ2v) is 7.82. The Labute approximate surface area is 176 Å². The lowest BCUT2D eigenvalue weighted by Crippen LogP contribution is -2.09. The zero-order chi connectivity index (χ0) is 21.5. The van der Waals surface area contributed by atoms with E-state index in [1.54, 1.807) is 0 Å². The molecule has 0 saturated carbocycles. The average molecular weight is 413 g/mol. The quantitative estimate of drug-likeness (QED) is 0.217. The molecule has 162 valence electrons. The number of nitrogens with zero attached hydrogens (tertiary/aromatic N) is 1. The first-order chi connectivity index (χ1) is 14.5. The standard InChI is InChI=1S/C23H30N2O5/c1-2-3-4-5-6-7-8-9-10-11-17-22(27)20(26)15-19-23(17)30-21-13-12-16(25(28)29)14-18(21)24-19/h12-15,24,26-27H,2-11H2,1H3/p-1. The highest BCUT2D eigenvalue weighted by atomic mass is 16.6. The minimum Gasteiger partial charge on any atom is -0.870 e. The lowest BCUT2D eigenvalue weighted by atomic mass is 10.0. The van der Waals surface area contributed by atoms with Crippen molar-refractivity contribution in [2.24, 2.45) is 0 Å². The van der Waals surface area contributed by atoms with E-state index in [0.717, 1.165) is 19.3 Å². The van der Waals surface area contributed by atoms with Crippen LogP contribution < -0.4 is 15.2 Å². The van der Waals surface area contributed by atoms with Crippen molar-refractivity contribution in [2.75, 3.05) is 5.32 Å². The minimum absolute atomic E-state index is 0.0621. The first kappa shape index (κ1) is 21.7. The molecule has 0 aromatic heterocycles. The fourth-order valence-electron chi connectivity index (χ4n) is 3.81. The summed E-state index contributed by atoms with van der Waals surface area (Å²) in [4.78, 5) is 10.5. The topological polar surface area (TPSA) is 108 Å². The molecule has 0 radical (unpaired) electrons. The van der Waals surface area contributed by atoms with Gasteiger partial charge in [0, 0.05) is 18.2 Å². The predicted octanol–water partition coefficient (Wildman–Crippen LogP) is 6.30. The average Bonchev–Trinajstić information content (AvgIpc) is 2.73. The summed E-state index contributed by atoms with van der Waals surface area (Å²) < 4.78 is 5.92. The molecule has 3 rings (SSSR count). The maximum absolute atomic E-state index is 12.5. The van der Waals surface area contributed by atoms with Crippen LogP contribution in [-0.4, -0.2) is 10.0 Å². The summed E-state index contributed by atoms with van der Waals surface area (Å²) >= 11 is 0. The molecule has 0 fully saturated rings. The van der Waals surface area contributed by atoms with E-state index in [-0.39, 0.29) is 11.4 Å². The fraction of sp³-hybridized carbons (Fsp3) is 0.478. The maximum Gasteiger partial charge on any atom is 0.271 e. The van der Waals surface area contributed by atoms with E-state index in [4.69, 9.17) is 4.74 Å². The maximum atomic E-state index is 12.5. The summed E-state index contributed by atoms with van der Waals surface area (Å²) in [5, 5.41) is 36.6. The van der Waals surface area contributed by atoms with Crippen molar-refractivity contribution in [3.8, 4) is 23.0 Å². The molecule has 0 bridgehead atoms. The van der Waals surface area contributed by atoms with Gasteiger partial charge in [-0.2, -0.15) is 0 Å². The van der Waals surface area contributed by atoms with Crippen LogP contribution >= 0.6 is 0 Å². The molecule has 7 heteroatoms. The molecule has 7 nitrogen and oxygen atoms in total. The zero-order valence-electron chi connectivity index (χ0n) is 17.4. The molecule has 1 aliphatic rings. The minimum atomic E-state index is -0.481. The number of unbranched alkanes of at least 4 members (excludes halogenated alkanes) is 8. The number of phenols is 1. The van der Waals surface area contributed by atoms with Crippen LogP contribution in [-0.2, 0) is 6.42 Å². The Bertz CT molecular complexity index is 898. The van der Waals surface area contributed by atoms with Crippen molar-refractivity contribution < 1.29 is 19.9 Å². The number of anilines is 2. The van der Waals surface area contributed by atoms with Crippen LogP contribution in [0.2, 0.25) is 0 Å². The number of hydrogen-bond acceptors (Lipinski definition) is 6. The number of nitrogens with one attached hydrogen (secondary N) is 1. The lowest BCUT2D eigenvalue weighted by molar-refractivity contribution is -0.384. The molecule has 0 aliphatic carbocycles. The van der Waals surface area contributed by atoms with E-state index in [0.29, 0.717) is 34.9 Å². The van der Waals surface area contributed by atoms with E-state index in [1.807, 2.05) is 0 Å². The van der Waals surface area contributed by atoms with Crippen molar-refractivity contribution >= 4 is 17.1 Å². The van der Waals surface area contributed by atoms with Gasteiger partial charge in [0.25, 0.3) is 5.69 Å². The number of hydrogen-bond donors (Lipinski definition) is 2. The molecule has 2 aromatic rings. The molecule has 0 atom stereocenters. The van der Waals surface area contributed by atoms with Crippen LogP contribution in [0.3, 0.4) is 0 Å². The molecular formula is C23H29N2O5-. The van der Waals surface area contributed by atoms with Gasteiger partial charge in [0.15, 0.2) is 11.5 Å². The third-order valence-corrected chi connectivity index (χ3v) is 5.49. The van der Waals surface area contributed by atoms with E-state index >= 15 is 0 Å². The number of fused-ring (bicyclic) bond motifs is 2. The smallest absolute Gasteiger partial charge is 0.271 e. The molecule has 1 heterocycles. The predicted molar refractivity (Wildman–Crippen MR) is 115 cm³/mol. The van der Waals surface area contributed by atoms with E-state index in [1.165, 1.54) is 62.8 Å². The number of ether oxygens (including phenoxy) is 1. The number of phenolic OH excluding ortho intramolecular Hbond substituents is 1. The molecule has 0 unspecified atom stereocenters. The van der Waals surface area contributed by atoms with Gasteiger partial charge in [-0.25, -0.2) is 0 Å². The van der Waals surface area contributed by atoms with Gasteiger partial charge < -0.3 is 20.3 Å². The Balaban J connectivity index is 1.62. The number of aromatic hydroxyl groups is 1. The first-order valence-corrected chi connectivity index (χ1v) is 10.8. The molecule has 2 aromatic carbocycles. The van der Waals surface area contributed by atoms with Crippen molar-refractivity contribution in [2.45, 2.75) is 71.1 Å². The fourth-order valence-corrected chi connectivity index (χ4v) is 3.81. The molecular weight excluding hydrogens is 384 g/mol. The van der Waals surface area contributed by atoms with Gasteiger partial charge in [-0.15, -0.1) is 0 Å². The number of nitro benzene ring substituents is 1. The molecule has 0 saturated heterocycles. The normalized spacial score (nSPS) is 11.9. The van der Waals surface area contributed by atoms with Gasteiger partial charge in [0.1, 0.15) is 5.75 Å². The van der Waals surface area contributed by atoms with Gasteiger partial charge in [0.05, 0.1) is 16.3 Å². The van der Waals surface area contributed by atoms with Gasteiger partial charge in [-0.3, -0.25) is 10.1 Å². The van der Waals surface area contributed by atoms with Crippen LogP contribution in [0.4, 0.5) is 17.1 Å². The summed E-state index contributed by atoms with van der Waals surface area (Å²) in [5.41, 5.74) is 1.27. The summed E-state index contributed by atoms with van der Waals surface area (Å²) in [5.74, 6) is 0.0652. The second-order valence-electron chi connectivity index (χ2n) is 7.82. The summed E-state index contributed by atoms with van der Waals surface area (Å²) in [6.07, 6.45) is 11.1. The molecule has 1 aliphatic heterocycles. The van der Waals surface area contributed by atoms with Gasteiger partial charge in [-0.1, -0.05) is 64.0 Å². The number of rotatable bonds is 11. The van der Waals surface area contributed by atoms with Gasteiger partial charge >= 0.3 is 0 Å². The Hall–Kier alpha value is -2.96. The van der Waals surface area contributed by atoms with Crippen LogP contribution in [0.5, 0.6) is 23.0 Å². The number of non-ortho nitro benzene ring substituents is 1. The number of nitro groups is 1. The SMILES string of the molecule is CCCCCCCCCCCc1c([O-])c(O)cc2c1Oc1ccc([N+](=O)[O-])cc1N2. The Morgan fingerprint density at radius 2 is 1.67 bits per heavy atom. The van der Waals surface area contributed by atoms with Crippen LogP contribution in [0.15, 0.2) is 24.3 Å². The van der Waals surface area contributed by atoms with Gasteiger partial charge in [0.2, 0.25) is 0 Å². The Kier molecular flexibility index (Phi) is 7.38. The van der Waals surface area contributed by atoms with Crippen molar-refractivity contribution in [3.63, 3.8) is 0 Å². The summed E-state index contributed by atoms with van der Waals surface area (Å²) in [7, 11) is 0. The Morgan fingerprint density at radius 3 is 2.33 bits per heavy atom. The van der Waals surface area contributed by atoms with Crippen LogP contribution in [0.25, 0.3) is 0 Å². The third kappa shape index (κ3) is 5.14. The summed E-state index contributed by atoms with van der Waals surface area (Å²) in [6, 6.07) is 5.58. The molecule has 0 amide bonds. The highest BCUT2D eigenvalue weighted by Crippen LogP contribution is 2.49. The highest BCUT2D eigenvalue weighted by molar-refractivity contribution is 5.81. The Morgan fingerprint density at radius 1 is 1.00 bits per heavy atom. The van der Waals surface area contributed by atoms with Crippen LogP contribution in [0, 0.1) is 10.1 Å². The van der Waals surface area contributed by atoms with E-state index in [9.17, 15) is 20.3 Å².